The van der Waals surface area contributed by atoms with E-state index in [9.17, 15) is 14.4 Å². The first-order valence-electron chi connectivity index (χ1n) is 12.1. The summed E-state index contributed by atoms with van der Waals surface area (Å²) in [7, 11) is 0. The minimum Gasteiger partial charge on any atom is -0.462 e. The first-order chi connectivity index (χ1) is 17.3. The molecule has 2 amide bonds. The van der Waals surface area contributed by atoms with Crippen LogP contribution in [0.4, 0.5) is 5.69 Å². The monoisotopic (exact) mass is 519 g/mol. The van der Waals surface area contributed by atoms with Crippen LogP contribution in [0.2, 0.25) is 0 Å². The zero-order valence-corrected chi connectivity index (χ0v) is 21.1. The lowest BCUT2D eigenvalue weighted by atomic mass is 9.54. The Bertz CT molecular complexity index is 1300. The molecule has 4 aliphatic rings. The van der Waals surface area contributed by atoms with Crippen molar-refractivity contribution in [1.82, 2.24) is 0 Å². The molecule has 0 aromatic heterocycles. The maximum atomic E-state index is 14.0. The fourth-order valence-corrected chi connectivity index (χ4v) is 7.16. The minimum atomic E-state index is -1.22. The Morgan fingerprint density at radius 1 is 0.806 bits per heavy atom. The molecule has 1 aliphatic heterocycles. The van der Waals surface area contributed by atoms with Crippen LogP contribution < -0.4 is 4.90 Å². The van der Waals surface area contributed by atoms with Crippen molar-refractivity contribution < 1.29 is 19.1 Å². The largest absolute Gasteiger partial charge is 0.462 e. The third kappa shape index (κ3) is 2.87. The topological polar surface area (TPSA) is 63.7 Å². The Morgan fingerprint density at radius 2 is 1.25 bits per heavy atom. The molecule has 5 nitrogen and oxygen atoms in total. The summed E-state index contributed by atoms with van der Waals surface area (Å²) >= 11 is 14.9. The van der Waals surface area contributed by atoms with Crippen LogP contribution in [-0.4, -0.2) is 24.4 Å². The molecule has 1 saturated heterocycles. The number of carbonyl (C=O) groups excluding carboxylic acids is 3. The third-order valence-corrected chi connectivity index (χ3v) is 8.96. The Morgan fingerprint density at radius 3 is 1.67 bits per heavy atom. The van der Waals surface area contributed by atoms with Crippen LogP contribution in [0.15, 0.2) is 72.8 Å². The number of nitrogens with zero attached hydrogens (tertiary/aromatic N) is 1. The van der Waals surface area contributed by atoms with Gasteiger partial charge < -0.3 is 4.74 Å². The molecule has 1 fully saturated rings. The van der Waals surface area contributed by atoms with E-state index in [0.29, 0.717) is 17.9 Å². The molecule has 0 N–H and O–H groups in total. The van der Waals surface area contributed by atoms with E-state index in [1.54, 1.807) is 24.3 Å². The molecule has 0 radical (unpaired) electrons. The van der Waals surface area contributed by atoms with E-state index in [-0.39, 0.29) is 0 Å². The van der Waals surface area contributed by atoms with Gasteiger partial charge in [0.25, 0.3) is 0 Å². The number of esters is 1. The van der Waals surface area contributed by atoms with Gasteiger partial charge in [0, 0.05) is 0 Å². The van der Waals surface area contributed by atoms with Crippen molar-refractivity contribution in [2.75, 3.05) is 11.5 Å². The summed E-state index contributed by atoms with van der Waals surface area (Å²) in [5.74, 6) is -2.97. The van der Waals surface area contributed by atoms with Gasteiger partial charge in [0.2, 0.25) is 11.8 Å². The van der Waals surface area contributed by atoms with E-state index in [2.05, 4.69) is 0 Å². The highest BCUT2D eigenvalue weighted by molar-refractivity contribution is 6.38. The molecule has 1 heterocycles. The number of halogens is 2. The van der Waals surface area contributed by atoms with Gasteiger partial charge in [-0.1, -0.05) is 61.9 Å². The molecule has 36 heavy (non-hydrogen) atoms. The molecule has 2 atom stereocenters. The highest BCUT2D eigenvalue weighted by atomic mass is 35.5. The first kappa shape index (κ1) is 23.3. The van der Waals surface area contributed by atoms with E-state index in [0.717, 1.165) is 35.1 Å². The number of unbranched alkanes of at least 4 members (excludes halogenated alkanes) is 1. The Labute approximate surface area is 219 Å². The number of hydrogen-bond donors (Lipinski definition) is 0. The van der Waals surface area contributed by atoms with Crippen LogP contribution in [0.25, 0.3) is 0 Å². The predicted octanol–water partition coefficient (Wildman–Crippen LogP) is 5.74. The van der Waals surface area contributed by atoms with E-state index in [1.807, 2.05) is 55.5 Å². The van der Waals surface area contributed by atoms with Gasteiger partial charge in [-0.15, -0.1) is 23.2 Å². The molecule has 0 unspecified atom stereocenters. The van der Waals surface area contributed by atoms with Gasteiger partial charge in [0.05, 0.1) is 29.7 Å². The van der Waals surface area contributed by atoms with Crippen LogP contribution in [-0.2, 0) is 24.1 Å². The van der Waals surface area contributed by atoms with E-state index in [1.165, 1.54) is 4.90 Å². The first-order valence-corrected chi connectivity index (χ1v) is 12.8. The molecule has 3 aromatic rings. The van der Waals surface area contributed by atoms with Crippen molar-refractivity contribution in [3.8, 4) is 0 Å². The van der Waals surface area contributed by atoms with E-state index >= 15 is 0 Å². The molecule has 2 bridgehead atoms. The predicted molar refractivity (Wildman–Crippen MR) is 137 cm³/mol. The second-order valence-electron chi connectivity index (χ2n) is 9.52. The second-order valence-corrected chi connectivity index (χ2v) is 10.7. The van der Waals surface area contributed by atoms with Gasteiger partial charge in [-0.25, -0.2) is 9.69 Å². The van der Waals surface area contributed by atoms with Gasteiger partial charge in [0.1, 0.15) is 9.75 Å². The highest BCUT2D eigenvalue weighted by Crippen LogP contribution is 2.69. The number of alkyl halides is 2. The van der Waals surface area contributed by atoms with E-state index in [4.69, 9.17) is 27.9 Å². The minimum absolute atomic E-state index is 0.347. The number of amides is 2. The lowest BCUT2D eigenvalue weighted by Gasteiger charge is -2.54. The third-order valence-electron chi connectivity index (χ3n) is 7.68. The lowest BCUT2D eigenvalue weighted by Crippen LogP contribution is -2.57. The Hall–Kier alpha value is -3.15. The van der Waals surface area contributed by atoms with Crippen LogP contribution >= 0.6 is 23.2 Å². The summed E-state index contributed by atoms with van der Waals surface area (Å²) in [4.78, 5) is 39.0. The smallest absolute Gasteiger partial charge is 0.338 e. The molecule has 7 rings (SSSR count). The maximum absolute atomic E-state index is 14.0. The Kier molecular flexibility index (Phi) is 5.29. The molecule has 7 heteroatoms. The van der Waals surface area contributed by atoms with Gasteiger partial charge in [-0.3, -0.25) is 9.59 Å². The van der Waals surface area contributed by atoms with Crippen molar-refractivity contribution in [1.29, 1.82) is 0 Å². The van der Waals surface area contributed by atoms with Gasteiger partial charge in [-0.05, 0) is 52.9 Å². The average molecular weight is 520 g/mol. The average Bonchev–Trinajstić information content (AvgIpc) is 3.18. The number of imide groups is 1. The van der Waals surface area contributed by atoms with Crippen molar-refractivity contribution >= 4 is 46.7 Å². The fraction of sp³-hybridized carbons (Fsp3) is 0.276. The van der Waals surface area contributed by atoms with Crippen LogP contribution in [0.3, 0.4) is 0 Å². The number of rotatable bonds is 5. The number of anilines is 1. The lowest BCUT2D eigenvalue weighted by molar-refractivity contribution is -0.122. The normalized spacial score (nSPS) is 27.5. The number of ether oxygens (including phenoxy) is 1. The van der Waals surface area contributed by atoms with Gasteiger partial charge in [0.15, 0.2) is 0 Å². The quantitative estimate of drug-likeness (QED) is 0.186. The summed E-state index contributed by atoms with van der Waals surface area (Å²) < 4.78 is 5.27. The van der Waals surface area contributed by atoms with Gasteiger partial charge >= 0.3 is 5.97 Å². The maximum Gasteiger partial charge on any atom is 0.338 e. The molecule has 3 aliphatic carbocycles. The standard InChI is InChI=1S/C29H23Cl2NO4/c1-2-3-16-36-27(35)17-12-14-18(15-13-17)32-25(33)23-24(26(32)34)29(31)20-9-5-4-8-19(20)28(23,30)21-10-6-7-11-22(21)29/h4-15,23-24H,2-3,16H2,1H3/t23-,24-,28?,29?/m0/s1. The van der Waals surface area contributed by atoms with Crippen LogP contribution in [0, 0.1) is 11.8 Å². The second kappa shape index (κ2) is 8.19. The summed E-state index contributed by atoms with van der Waals surface area (Å²) in [6, 6.07) is 21.4. The molecule has 0 spiro atoms. The van der Waals surface area contributed by atoms with Crippen molar-refractivity contribution in [3.63, 3.8) is 0 Å². The molecule has 3 aromatic carbocycles. The summed E-state index contributed by atoms with van der Waals surface area (Å²) in [5, 5.41) is 0. The van der Waals surface area contributed by atoms with Crippen molar-refractivity contribution in [3.05, 3.63) is 101 Å². The molecular weight excluding hydrogens is 497 g/mol. The van der Waals surface area contributed by atoms with Crippen LogP contribution in [0.5, 0.6) is 0 Å². The number of hydrogen-bond acceptors (Lipinski definition) is 4. The number of carbonyl (C=O) groups is 3. The van der Waals surface area contributed by atoms with Crippen LogP contribution in [0.1, 0.15) is 52.4 Å². The summed E-state index contributed by atoms with van der Waals surface area (Å²) in [6.07, 6.45) is 1.71. The zero-order valence-electron chi connectivity index (χ0n) is 19.5. The number of benzene rings is 3. The zero-order chi connectivity index (χ0) is 25.2. The molecule has 0 saturated carbocycles. The molecule has 182 valence electrons. The molecular formula is C29H23Cl2NO4. The highest BCUT2D eigenvalue weighted by Gasteiger charge is 2.73. The fourth-order valence-electron chi connectivity index (χ4n) is 6.06. The van der Waals surface area contributed by atoms with Crippen molar-refractivity contribution in [2.45, 2.75) is 29.5 Å². The summed E-state index contributed by atoms with van der Waals surface area (Å²) in [5.41, 5.74) is 3.76. The SMILES string of the molecule is CCCCOC(=O)c1ccc(N2C(=O)[C@@H]3[C@@H](C2=O)C2(Cl)c4ccccc4C3(Cl)c3ccccc32)cc1. The van der Waals surface area contributed by atoms with Crippen molar-refractivity contribution in [2.24, 2.45) is 11.8 Å². The van der Waals surface area contributed by atoms with Gasteiger partial charge in [-0.2, -0.15) is 0 Å². The van der Waals surface area contributed by atoms with E-state index < -0.39 is 39.4 Å². The Balaban J connectivity index is 1.43. The summed E-state index contributed by atoms with van der Waals surface area (Å²) in [6.45, 7) is 2.36.